The van der Waals surface area contributed by atoms with Crippen molar-refractivity contribution in [2.75, 3.05) is 12.8 Å². The molecule has 1 aromatic carbocycles. The smallest absolute Gasteiger partial charge is 0.191 e. The molecule has 0 radical (unpaired) electrons. The van der Waals surface area contributed by atoms with E-state index in [1.54, 1.807) is 24.3 Å². The molecule has 6 nitrogen and oxygen atoms in total. The molecule has 0 spiro atoms. The fraction of sp³-hybridized carbons (Fsp3) is 0.444. The lowest BCUT2D eigenvalue weighted by atomic mass is 10.1. The minimum absolute atomic E-state index is 0.366. The van der Waals surface area contributed by atoms with Gasteiger partial charge in [-0.1, -0.05) is 19.1 Å². The Balaban J connectivity index is 2.05. The van der Waals surface area contributed by atoms with Crippen LogP contribution in [0.4, 0.5) is 0 Å². The molecule has 2 N–H and O–H groups in total. The van der Waals surface area contributed by atoms with Crippen LogP contribution < -0.4 is 10.6 Å². The third-order valence-electron chi connectivity index (χ3n) is 3.76. The molecule has 0 bridgehead atoms. The molecule has 0 saturated carbocycles. The number of nitrogens with zero attached hydrogens (tertiary/aromatic N) is 2. The highest BCUT2D eigenvalue weighted by atomic mass is 32.2. The van der Waals surface area contributed by atoms with Crippen molar-refractivity contribution in [3.8, 4) is 0 Å². The van der Waals surface area contributed by atoms with Crippen LogP contribution in [0.25, 0.3) is 0 Å². The van der Waals surface area contributed by atoms with Crippen molar-refractivity contribution in [2.24, 2.45) is 4.99 Å². The van der Waals surface area contributed by atoms with Crippen LogP contribution >= 0.6 is 11.3 Å². The summed E-state index contributed by atoms with van der Waals surface area (Å²) in [7, 11) is -3.20. The molecule has 0 unspecified atom stereocenters. The largest absolute Gasteiger partial charge is 0.357 e. The normalized spacial score (nSPS) is 12.2. The Hall–Kier alpha value is -1.93. The molecular formula is C18H26N4O2S2. The minimum atomic E-state index is -3.20. The molecule has 1 aromatic heterocycles. The van der Waals surface area contributed by atoms with E-state index >= 15 is 0 Å². The van der Waals surface area contributed by atoms with Crippen molar-refractivity contribution < 1.29 is 8.42 Å². The van der Waals surface area contributed by atoms with Gasteiger partial charge in [-0.25, -0.2) is 18.4 Å². The van der Waals surface area contributed by atoms with E-state index in [0.29, 0.717) is 23.9 Å². The van der Waals surface area contributed by atoms with Crippen LogP contribution in [0.2, 0.25) is 0 Å². The number of guanidine groups is 1. The van der Waals surface area contributed by atoms with Gasteiger partial charge in [-0.15, -0.1) is 11.3 Å². The average Bonchev–Trinajstić information content (AvgIpc) is 3.04. The van der Waals surface area contributed by atoms with E-state index in [2.05, 4.69) is 27.5 Å². The van der Waals surface area contributed by atoms with Crippen LogP contribution in [-0.4, -0.2) is 32.2 Å². The van der Waals surface area contributed by atoms with Gasteiger partial charge in [0.1, 0.15) is 5.01 Å². The Morgan fingerprint density at radius 2 is 2.04 bits per heavy atom. The lowest BCUT2D eigenvalue weighted by Crippen LogP contribution is -2.36. The van der Waals surface area contributed by atoms with E-state index < -0.39 is 9.84 Å². The zero-order valence-electron chi connectivity index (χ0n) is 15.7. The highest BCUT2D eigenvalue weighted by Crippen LogP contribution is 2.17. The van der Waals surface area contributed by atoms with Gasteiger partial charge in [0.2, 0.25) is 0 Å². The van der Waals surface area contributed by atoms with Crippen molar-refractivity contribution in [3.63, 3.8) is 0 Å². The standard InChI is InChI=1S/C18H26N4O2S2/c1-5-15-11-20-17(25-15)12-22-18(19-6-2)21-10-14-7-8-16(13(3)9-14)26(4,23)24/h7-9,11H,5-6,10,12H2,1-4H3,(H2,19,21,22). The Morgan fingerprint density at radius 3 is 2.62 bits per heavy atom. The number of benzene rings is 1. The van der Waals surface area contributed by atoms with Crippen LogP contribution in [-0.2, 0) is 29.3 Å². The Bertz CT molecular complexity index is 873. The second-order valence-electron chi connectivity index (χ2n) is 5.99. The molecule has 0 saturated heterocycles. The average molecular weight is 395 g/mol. The predicted molar refractivity (Wildman–Crippen MR) is 107 cm³/mol. The maximum Gasteiger partial charge on any atom is 0.191 e. The van der Waals surface area contributed by atoms with Gasteiger partial charge in [0.15, 0.2) is 15.8 Å². The number of sulfone groups is 1. The van der Waals surface area contributed by atoms with E-state index in [0.717, 1.165) is 29.1 Å². The van der Waals surface area contributed by atoms with Crippen molar-refractivity contribution >= 4 is 27.1 Å². The van der Waals surface area contributed by atoms with Gasteiger partial charge >= 0.3 is 0 Å². The molecule has 2 rings (SSSR count). The van der Waals surface area contributed by atoms with Crippen LogP contribution in [0.1, 0.15) is 34.9 Å². The van der Waals surface area contributed by atoms with Crippen LogP contribution in [0.3, 0.4) is 0 Å². The van der Waals surface area contributed by atoms with Crippen LogP contribution in [0.15, 0.2) is 34.3 Å². The number of aromatic nitrogens is 1. The van der Waals surface area contributed by atoms with Gasteiger partial charge in [0.25, 0.3) is 0 Å². The zero-order chi connectivity index (χ0) is 19.2. The minimum Gasteiger partial charge on any atom is -0.357 e. The maximum absolute atomic E-state index is 11.7. The van der Waals surface area contributed by atoms with Crippen molar-refractivity contribution in [1.82, 2.24) is 15.6 Å². The van der Waals surface area contributed by atoms with Crippen molar-refractivity contribution in [2.45, 2.75) is 45.2 Å². The second-order valence-corrected chi connectivity index (χ2v) is 9.18. The summed E-state index contributed by atoms with van der Waals surface area (Å²) in [6.07, 6.45) is 4.13. The summed E-state index contributed by atoms with van der Waals surface area (Å²) in [6, 6.07) is 5.33. The summed E-state index contributed by atoms with van der Waals surface area (Å²) >= 11 is 1.70. The molecule has 2 aromatic rings. The van der Waals surface area contributed by atoms with Crippen molar-refractivity contribution in [1.29, 1.82) is 0 Å². The molecule has 0 aliphatic rings. The first-order valence-electron chi connectivity index (χ1n) is 8.58. The van der Waals surface area contributed by atoms with Gasteiger partial charge in [-0.2, -0.15) is 0 Å². The molecule has 0 atom stereocenters. The summed E-state index contributed by atoms with van der Waals surface area (Å²) in [5.74, 6) is 0.714. The van der Waals surface area contributed by atoms with Crippen LogP contribution in [0, 0.1) is 6.92 Å². The van der Waals surface area contributed by atoms with E-state index in [-0.39, 0.29) is 0 Å². The highest BCUT2D eigenvalue weighted by Gasteiger charge is 2.10. The molecule has 0 fully saturated rings. The fourth-order valence-electron chi connectivity index (χ4n) is 2.49. The molecule has 26 heavy (non-hydrogen) atoms. The Labute approximate surface area is 159 Å². The number of thiazole rings is 1. The first kappa shape index (κ1) is 20.4. The third-order valence-corrected chi connectivity index (χ3v) is 6.16. The Kier molecular flexibility index (Phi) is 7.16. The first-order valence-corrected chi connectivity index (χ1v) is 11.3. The SMILES string of the molecule is CCNC(=NCc1ccc(S(C)(=O)=O)c(C)c1)NCc1ncc(CC)s1. The summed E-state index contributed by atoms with van der Waals surface area (Å²) in [5, 5.41) is 7.53. The molecule has 8 heteroatoms. The molecule has 0 aliphatic heterocycles. The topological polar surface area (TPSA) is 83.5 Å². The summed E-state index contributed by atoms with van der Waals surface area (Å²) in [4.78, 5) is 10.6. The Morgan fingerprint density at radius 1 is 1.27 bits per heavy atom. The highest BCUT2D eigenvalue weighted by molar-refractivity contribution is 7.90. The number of rotatable bonds is 7. The lowest BCUT2D eigenvalue weighted by Gasteiger charge is -2.11. The molecule has 0 amide bonds. The fourth-order valence-corrected chi connectivity index (χ4v) is 4.25. The quantitative estimate of drug-likeness (QED) is 0.557. The predicted octanol–water partition coefficient (Wildman–Crippen LogP) is 2.67. The van der Waals surface area contributed by atoms with Gasteiger partial charge in [-0.05, 0) is 37.5 Å². The van der Waals surface area contributed by atoms with E-state index in [9.17, 15) is 8.42 Å². The zero-order valence-corrected chi connectivity index (χ0v) is 17.3. The molecule has 0 aliphatic carbocycles. The summed E-state index contributed by atoms with van der Waals surface area (Å²) in [6.45, 7) is 7.80. The number of aryl methyl sites for hydroxylation is 2. The molecule has 1 heterocycles. The number of hydrogen-bond donors (Lipinski definition) is 2. The molecular weight excluding hydrogens is 368 g/mol. The number of hydrogen-bond acceptors (Lipinski definition) is 5. The van der Waals surface area contributed by atoms with Gasteiger partial charge < -0.3 is 10.6 Å². The summed E-state index contributed by atoms with van der Waals surface area (Å²) in [5.41, 5.74) is 1.71. The van der Waals surface area contributed by atoms with Gasteiger partial charge in [0, 0.05) is 23.9 Å². The lowest BCUT2D eigenvalue weighted by molar-refractivity contribution is 0.601. The second kappa shape index (κ2) is 9.14. The number of aliphatic imine (C=N–C) groups is 1. The van der Waals surface area contributed by atoms with E-state index in [1.165, 1.54) is 11.1 Å². The summed E-state index contributed by atoms with van der Waals surface area (Å²) < 4.78 is 23.4. The number of nitrogens with one attached hydrogen (secondary N) is 2. The van der Waals surface area contributed by atoms with E-state index in [4.69, 9.17) is 0 Å². The maximum atomic E-state index is 11.7. The van der Waals surface area contributed by atoms with Gasteiger partial charge in [-0.3, -0.25) is 0 Å². The van der Waals surface area contributed by atoms with E-state index in [1.807, 2.05) is 25.3 Å². The monoisotopic (exact) mass is 394 g/mol. The van der Waals surface area contributed by atoms with Crippen LogP contribution in [0.5, 0.6) is 0 Å². The first-order chi connectivity index (χ1) is 12.3. The van der Waals surface area contributed by atoms with Crippen molar-refractivity contribution in [3.05, 3.63) is 45.4 Å². The third kappa shape index (κ3) is 5.81. The molecule has 142 valence electrons. The van der Waals surface area contributed by atoms with Gasteiger partial charge in [0.05, 0.1) is 18.0 Å².